The Balaban J connectivity index is 2.87. The third-order valence-corrected chi connectivity index (χ3v) is 3.01. The van der Waals surface area contributed by atoms with Gasteiger partial charge in [0.05, 0.1) is 16.2 Å². The normalized spacial score (nSPS) is 10.7. The van der Waals surface area contributed by atoms with Crippen LogP contribution < -0.4 is 5.73 Å². The summed E-state index contributed by atoms with van der Waals surface area (Å²) in [6.07, 6.45) is 0. The van der Waals surface area contributed by atoms with E-state index < -0.39 is 0 Å². The van der Waals surface area contributed by atoms with E-state index in [0.29, 0.717) is 21.3 Å². The second-order valence-corrected chi connectivity index (χ2v) is 4.76. The number of aryl methyl sites for hydroxylation is 1. The molecule has 0 atom stereocenters. The van der Waals surface area contributed by atoms with Gasteiger partial charge in [-0.3, -0.25) is 0 Å². The molecule has 0 bridgehead atoms. The van der Waals surface area contributed by atoms with Crippen molar-refractivity contribution in [3.63, 3.8) is 0 Å². The van der Waals surface area contributed by atoms with E-state index in [9.17, 15) is 0 Å². The fourth-order valence-electron chi connectivity index (χ4n) is 1.54. The highest BCUT2D eigenvalue weighted by atomic mass is 35.5. The molecule has 1 aromatic carbocycles. The summed E-state index contributed by atoms with van der Waals surface area (Å²) in [5, 5.41) is 2.01. The Morgan fingerprint density at radius 2 is 2.00 bits per heavy atom. The van der Waals surface area contributed by atoms with Gasteiger partial charge in [0.2, 0.25) is 0 Å². The summed E-state index contributed by atoms with van der Waals surface area (Å²) in [7, 11) is 0. The molecule has 0 unspecified atom stereocenters. The predicted octanol–water partition coefficient (Wildman–Crippen LogP) is 3.48. The van der Waals surface area contributed by atoms with Gasteiger partial charge in [-0.1, -0.05) is 35.4 Å². The molecule has 82 valence electrons. The largest absolute Gasteiger partial charge is 0.388 e. The molecule has 0 saturated heterocycles. The number of fused-ring (bicyclic) bond motifs is 1. The van der Waals surface area contributed by atoms with E-state index in [0.717, 1.165) is 10.9 Å². The Morgan fingerprint density at radius 1 is 1.31 bits per heavy atom. The van der Waals surface area contributed by atoms with Crippen molar-refractivity contribution in [3.05, 3.63) is 39.5 Å². The van der Waals surface area contributed by atoms with Crippen LogP contribution in [0, 0.1) is 6.92 Å². The number of pyridine rings is 1. The van der Waals surface area contributed by atoms with Crippen molar-refractivity contribution in [2.75, 3.05) is 0 Å². The summed E-state index contributed by atoms with van der Waals surface area (Å²) in [5.74, 6) is 0. The van der Waals surface area contributed by atoms with Crippen LogP contribution in [0.15, 0.2) is 18.2 Å². The number of thiocarbonyl (C=S) groups is 1. The molecule has 1 aromatic heterocycles. The number of aromatic nitrogens is 1. The van der Waals surface area contributed by atoms with Crippen LogP contribution in [0.1, 0.15) is 11.3 Å². The molecule has 0 radical (unpaired) electrons. The van der Waals surface area contributed by atoms with Crippen molar-refractivity contribution in [2.24, 2.45) is 5.73 Å². The third kappa shape index (κ3) is 1.98. The van der Waals surface area contributed by atoms with Gasteiger partial charge in [0.15, 0.2) is 0 Å². The first-order chi connectivity index (χ1) is 7.49. The van der Waals surface area contributed by atoms with Gasteiger partial charge in [0.1, 0.15) is 4.99 Å². The van der Waals surface area contributed by atoms with Crippen molar-refractivity contribution < 1.29 is 0 Å². The predicted molar refractivity (Wildman–Crippen MR) is 72.4 cm³/mol. The molecule has 0 fully saturated rings. The molecule has 0 aliphatic carbocycles. The minimum absolute atomic E-state index is 0.260. The fourth-order valence-corrected chi connectivity index (χ4v) is 2.18. The summed E-state index contributed by atoms with van der Waals surface area (Å²) < 4.78 is 0. The first kappa shape index (κ1) is 11.6. The monoisotopic (exact) mass is 270 g/mol. The molecule has 5 heteroatoms. The Morgan fingerprint density at radius 3 is 2.62 bits per heavy atom. The highest BCUT2D eigenvalue weighted by molar-refractivity contribution is 7.80. The average Bonchev–Trinajstić information content (AvgIpc) is 2.19. The Hall–Kier alpha value is -0.900. The highest BCUT2D eigenvalue weighted by Crippen LogP contribution is 2.28. The summed E-state index contributed by atoms with van der Waals surface area (Å²) >= 11 is 16.9. The quantitative estimate of drug-likeness (QED) is 0.807. The third-order valence-electron chi connectivity index (χ3n) is 2.29. The van der Waals surface area contributed by atoms with Crippen molar-refractivity contribution in [1.29, 1.82) is 0 Å². The van der Waals surface area contributed by atoms with Crippen LogP contribution in [0.2, 0.25) is 10.0 Å². The number of nitrogens with two attached hydrogens (primary N) is 1. The Labute approximate surface area is 108 Å². The van der Waals surface area contributed by atoms with E-state index in [2.05, 4.69) is 4.98 Å². The van der Waals surface area contributed by atoms with E-state index >= 15 is 0 Å². The maximum Gasteiger partial charge on any atom is 0.122 e. The molecule has 2 N–H and O–H groups in total. The average molecular weight is 271 g/mol. The molecule has 0 saturated carbocycles. The standard InChI is InChI=1S/C11H8Cl2N2S/c1-5-2-9(11(14)16)15-10-7(5)3-6(12)4-8(10)13/h2-4H,1H3,(H2,14,16). The van der Waals surface area contributed by atoms with Gasteiger partial charge in [-0.2, -0.15) is 0 Å². The molecule has 2 aromatic rings. The van der Waals surface area contributed by atoms with E-state index in [-0.39, 0.29) is 4.99 Å². The minimum atomic E-state index is 0.260. The van der Waals surface area contributed by atoms with Crippen LogP contribution >= 0.6 is 35.4 Å². The lowest BCUT2D eigenvalue weighted by Gasteiger charge is -2.07. The SMILES string of the molecule is Cc1cc(C(N)=S)nc2c(Cl)cc(Cl)cc12. The first-order valence-electron chi connectivity index (χ1n) is 4.55. The maximum atomic E-state index is 6.08. The Bertz CT molecular complexity index is 596. The molecule has 0 aliphatic rings. The number of rotatable bonds is 1. The number of nitrogens with zero attached hydrogens (tertiary/aromatic N) is 1. The first-order valence-corrected chi connectivity index (χ1v) is 5.71. The van der Waals surface area contributed by atoms with E-state index in [1.165, 1.54) is 0 Å². The van der Waals surface area contributed by atoms with Crippen LogP contribution in [0.5, 0.6) is 0 Å². The molecule has 1 heterocycles. The molecule has 2 nitrogen and oxygen atoms in total. The van der Waals surface area contributed by atoms with Crippen LogP contribution in [-0.4, -0.2) is 9.97 Å². The zero-order valence-electron chi connectivity index (χ0n) is 8.42. The molecular weight excluding hydrogens is 263 g/mol. The van der Waals surface area contributed by atoms with Crippen LogP contribution in [0.3, 0.4) is 0 Å². The van der Waals surface area contributed by atoms with Crippen molar-refractivity contribution in [1.82, 2.24) is 4.98 Å². The van der Waals surface area contributed by atoms with Gasteiger partial charge in [-0.25, -0.2) is 4.98 Å². The summed E-state index contributed by atoms with van der Waals surface area (Å²) in [5.41, 5.74) is 7.80. The lowest BCUT2D eigenvalue weighted by atomic mass is 10.1. The van der Waals surface area contributed by atoms with Gasteiger partial charge in [-0.15, -0.1) is 0 Å². The molecule has 0 aliphatic heterocycles. The van der Waals surface area contributed by atoms with Gasteiger partial charge >= 0.3 is 0 Å². The van der Waals surface area contributed by atoms with Gasteiger partial charge in [0.25, 0.3) is 0 Å². The zero-order valence-corrected chi connectivity index (χ0v) is 10.7. The van der Waals surface area contributed by atoms with Gasteiger partial charge in [-0.05, 0) is 30.7 Å². The smallest absolute Gasteiger partial charge is 0.122 e. The Kier molecular flexibility index (Phi) is 3.02. The topological polar surface area (TPSA) is 38.9 Å². The molecule has 2 rings (SSSR count). The number of hydrogen-bond acceptors (Lipinski definition) is 2. The zero-order chi connectivity index (χ0) is 11.9. The van der Waals surface area contributed by atoms with E-state index in [1.807, 2.05) is 19.1 Å². The summed E-state index contributed by atoms with van der Waals surface area (Å²) in [6.45, 7) is 1.94. The second kappa shape index (κ2) is 4.17. The fraction of sp³-hybridized carbons (Fsp3) is 0.0909. The number of benzene rings is 1. The maximum absolute atomic E-state index is 6.08. The molecule has 16 heavy (non-hydrogen) atoms. The molecular formula is C11H8Cl2N2S. The summed E-state index contributed by atoms with van der Waals surface area (Å²) in [6, 6.07) is 5.31. The van der Waals surface area contributed by atoms with E-state index in [4.69, 9.17) is 41.2 Å². The number of hydrogen-bond donors (Lipinski definition) is 1. The van der Waals surface area contributed by atoms with E-state index in [1.54, 1.807) is 6.07 Å². The highest BCUT2D eigenvalue weighted by Gasteiger charge is 2.08. The van der Waals surface area contributed by atoms with Crippen LogP contribution in [0.4, 0.5) is 0 Å². The van der Waals surface area contributed by atoms with Crippen molar-refractivity contribution >= 4 is 51.3 Å². The van der Waals surface area contributed by atoms with Crippen LogP contribution in [-0.2, 0) is 0 Å². The molecule has 0 spiro atoms. The summed E-state index contributed by atoms with van der Waals surface area (Å²) in [4.78, 5) is 4.58. The molecule has 0 amide bonds. The van der Waals surface area contributed by atoms with Gasteiger partial charge in [0, 0.05) is 10.4 Å². The van der Waals surface area contributed by atoms with Crippen molar-refractivity contribution in [2.45, 2.75) is 6.92 Å². The lowest BCUT2D eigenvalue weighted by Crippen LogP contribution is -2.12. The lowest BCUT2D eigenvalue weighted by molar-refractivity contribution is 1.33. The van der Waals surface area contributed by atoms with Crippen LogP contribution in [0.25, 0.3) is 10.9 Å². The van der Waals surface area contributed by atoms with Gasteiger partial charge < -0.3 is 5.73 Å². The van der Waals surface area contributed by atoms with Crippen molar-refractivity contribution in [3.8, 4) is 0 Å². The second-order valence-electron chi connectivity index (χ2n) is 3.47. The minimum Gasteiger partial charge on any atom is -0.388 e. The number of halogens is 2.